The van der Waals surface area contributed by atoms with E-state index in [2.05, 4.69) is 26.7 Å². The van der Waals surface area contributed by atoms with Crippen molar-refractivity contribution in [3.8, 4) is 0 Å². The molecule has 0 aliphatic heterocycles. The van der Waals surface area contributed by atoms with E-state index in [1.165, 1.54) is 4.88 Å². The van der Waals surface area contributed by atoms with Gasteiger partial charge in [-0.1, -0.05) is 6.07 Å². The van der Waals surface area contributed by atoms with Crippen LogP contribution in [0.3, 0.4) is 0 Å². The van der Waals surface area contributed by atoms with Gasteiger partial charge in [-0.2, -0.15) is 0 Å². The Morgan fingerprint density at radius 1 is 1.29 bits per heavy atom. The van der Waals surface area contributed by atoms with Crippen LogP contribution in [0.25, 0.3) is 0 Å². The average molecular weight is 366 g/mol. The molecule has 6 nitrogen and oxygen atoms in total. The fourth-order valence-corrected chi connectivity index (χ4v) is 3.17. The van der Waals surface area contributed by atoms with Crippen molar-refractivity contribution in [2.24, 2.45) is 4.99 Å². The molecule has 0 bridgehead atoms. The average Bonchev–Trinajstić information content (AvgIpc) is 3.25. The van der Waals surface area contributed by atoms with Gasteiger partial charge in [-0.3, -0.25) is 4.79 Å². The van der Waals surface area contributed by atoms with E-state index in [0.717, 1.165) is 23.9 Å². The maximum atomic E-state index is 11.8. The van der Waals surface area contributed by atoms with Gasteiger partial charge in [0.05, 0.1) is 11.6 Å². The summed E-state index contributed by atoms with van der Waals surface area (Å²) in [6.07, 6.45) is 2.68. The first-order valence-corrected chi connectivity index (χ1v) is 9.42. The Hall–Kier alpha value is -1.93. The zero-order valence-corrected chi connectivity index (χ0v) is 15.9. The Balaban J connectivity index is 1.96. The molecule has 0 saturated carbocycles. The molecule has 0 radical (unpaired) electrons. The van der Waals surface area contributed by atoms with Gasteiger partial charge in [0.1, 0.15) is 6.54 Å². The van der Waals surface area contributed by atoms with Gasteiger partial charge in [0, 0.05) is 50.6 Å². The molecule has 0 saturated heterocycles. The fraction of sp³-hybridized carbons (Fsp3) is 0.438. The van der Waals surface area contributed by atoms with Gasteiger partial charge in [-0.25, -0.2) is 9.98 Å². The number of carbonyl (C=O) groups excluding carboxylic acids is 1. The number of thiazole rings is 1. The molecule has 1 amide bonds. The van der Waals surface area contributed by atoms with E-state index in [9.17, 15) is 4.79 Å². The summed E-state index contributed by atoms with van der Waals surface area (Å²) in [5.74, 6) is 0.717. The molecular formula is C16H23N5OS2. The first-order valence-electron chi connectivity index (χ1n) is 7.66. The van der Waals surface area contributed by atoms with Crippen LogP contribution >= 0.6 is 22.7 Å². The Bertz CT molecular complexity index is 637. The zero-order chi connectivity index (χ0) is 17.4. The number of guanidine groups is 1. The molecular weight excluding hydrogens is 342 g/mol. The van der Waals surface area contributed by atoms with E-state index in [-0.39, 0.29) is 12.5 Å². The fourth-order valence-electron chi connectivity index (χ4n) is 1.92. The number of hydrogen-bond donors (Lipinski definition) is 1. The van der Waals surface area contributed by atoms with Gasteiger partial charge in [-0.15, -0.1) is 22.7 Å². The van der Waals surface area contributed by atoms with Crippen molar-refractivity contribution < 1.29 is 4.79 Å². The number of carbonyl (C=O) groups is 1. The van der Waals surface area contributed by atoms with Crippen LogP contribution in [-0.4, -0.2) is 60.9 Å². The smallest absolute Gasteiger partial charge is 0.243 e. The lowest BCUT2D eigenvalue weighted by Crippen LogP contribution is -2.40. The molecule has 0 unspecified atom stereocenters. The number of amides is 1. The molecule has 0 aliphatic rings. The van der Waals surface area contributed by atoms with Gasteiger partial charge in [0.25, 0.3) is 0 Å². The number of nitrogens with zero attached hydrogens (tertiary/aromatic N) is 4. The van der Waals surface area contributed by atoms with Crippen molar-refractivity contribution in [3.63, 3.8) is 0 Å². The van der Waals surface area contributed by atoms with Crippen molar-refractivity contribution in [2.45, 2.75) is 13.0 Å². The van der Waals surface area contributed by atoms with Crippen molar-refractivity contribution in [1.82, 2.24) is 20.1 Å². The predicted molar refractivity (Wildman–Crippen MR) is 101 cm³/mol. The summed E-state index contributed by atoms with van der Waals surface area (Å²) >= 11 is 3.35. The van der Waals surface area contributed by atoms with E-state index < -0.39 is 0 Å². The van der Waals surface area contributed by atoms with Gasteiger partial charge in [-0.05, 0) is 11.4 Å². The second kappa shape index (κ2) is 9.39. The van der Waals surface area contributed by atoms with Gasteiger partial charge in [0.2, 0.25) is 5.91 Å². The van der Waals surface area contributed by atoms with Crippen LogP contribution < -0.4 is 5.32 Å². The van der Waals surface area contributed by atoms with E-state index >= 15 is 0 Å². The SMILES string of the molecule is CN(C)C(=O)CN=C(NCc1cccs1)N(C)CCc1nccs1. The van der Waals surface area contributed by atoms with Crippen molar-refractivity contribution >= 4 is 34.5 Å². The minimum atomic E-state index is -0.0150. The lowest BCUT2D eigenvalue weighted by molar-refractivity contribution is -0.127. The third-order valence-corrected chi connectivity index (χ3v) is 5.09. The lowest BCUT2D eigenvalue weighted by Gasteiger charge is -2.22. The van der Waals surface area contributed by atoms with E-state index in [1.54, 1.807) is 41.7 Å². The largest absolute Gasteiger partial charge is 0.351 e. The maximum Gasteiger partial charge on any atom is 0.243 e. The molecule has 0 spiro atoms. The Kier molecular flexibility index (Phi) is 7.20. The summed E-state index contributed by atoms with van der Waals surface area (Å²) in [6, 6.07) is 4.11. The highest BCUT2D eigenvalue weighted by Crippen LogP contribution is 2.08. The summed E-state index contributed by atoms with van der Waals surface area (Å²) < 4.78 is 0. The summed E-state index contributed by atoms with van der Waals surface area (Å²) in [7, 11) is 5.46. The maximum absolute atomic E-state index is 11.8. The lowest BCUT2D eigenvalue weighted by atomic mass is 10.4. The first kappa shape index (κ1) is 18.4. The Morgan fingerprint density at radius 3 is 2.75 bits per heavy atom. The molecule has 0 aromatic carbocycles. The molecule has 1 N–H and O–H groups in total. The number of nitrogens with one attached hydrogen (secondary N) is 1. The summed E-state index contributed by atoms with van der Waals surface area (Å²) in [5.41, 5.74) is 0. The summed E-state index contributed by atoms with van der Waals surface area (Å²) in [6.45, 7) is 1.63. The third kappa shape index (κ3) is 5.93. The van der Waals surface area contributed by atoms with Gasteiger partial charge in [0.15, 0.2) is 5.96 Å². The molecule has 24 heavy (non-hydrogen) atoms. The van der Waals surface area contributed by atoms with Gasteiger partial charge >= 0.3 is 0 Å². The topological polar surface area (TPSA) is 60.8 Å². The molecule has 2 aromatic heterocycles. The van der Waals surface area contributed by atoms with Crippen molar-refractivity contribution in [2.75, 3.05) is 34.2 Å². The monoisotopic (exact) mass is 365 g/mol. The molecule has 8 heteroatoms. The van der Waals surface area contributed by atoms with E-state index in [0.29, 0.717) is 6.54 Å². The summed E-state index contributed by atoms with van der Waals surface area (Å²) in [5, 5.41) is 8.48. The first-order chi connectivity index (χ1) is 11.6. The predicted octanol–water partition coefficient (Wildman–Crippen LogP) is 1.91. The standard InChI is InChI=1S/C16H23N5OS2/c1-20(2)15(22)12-19-16(18-11-13-5-4-9-23-13)21(3)8-6-14-17-7-10-24-14/h4-5,7,9-10H,6,8,11-12H2,1-3H3,(H,18,19). The van der Waals surface area contributed by atoms with E-state index in [4.69, 9.17) is 0 Å². The highest BCUT2D eigenvalue weighted by molar-refractivity contribution is 7.10. The number of rotatable bonds is 7. The quantitative estimate of drug-likeness (QED) is 0.601. The van der Waals surface area contributed by atoms with Crippen LogP contribution in [0.2, 0.25) is 0 Å². The highest BCUT2D eigenvalue weighted by atomic mass is 32.1. The number of aliphatic imine (C=N–C) groups is 1. The molecule has 2 aromatic rings. The van der Waals surface area contributed by atoms with Crippen LogP contribution in [-0.2, 0) is 17.8 Å². The van der Waals surface area contributed by atoms with Gasteiger partial charge < -0.3 is 15.1 Å². The normalized spacial score (nSPS) is 11.4. The minimum absolute atomic E-state index is 0.0150. The molecule has 130 valence electrons. The second-order valence-corrected chi connectivity index (χ2v) is 7.47. The van der Waals surface area contributed by atoms with E-state index in [1.807, 2.05) is 29.6 Å². The van der Waals surface area contributed by atoms with Crippen LogP contribution in [0, 0.1) is 0 Å². The molecule has 0 aliphatic carbocycles. The summed E-state index contributed by atoms with van der Waals surface area (Å²) in [4.78, 5) is 25.4. The van der Waals surface area contributed by atoms with Crippen LogP contribution in [0.1, 0.15) is 9.88 Å². The Labute approximate surface area is 150 Å². The van der Waals surface area contributed by atoms with Crippen LogP contribution in [0.15, 0.2) is 34.1 Å². The van der Waals surface area contributed by atoms with Crippen molar-refractivity contribution in [1.29, 1.82) is 0 Å². The molecule has 2 heterocycles. The number of hydrogen-bond acceptors (Lipinski definition) is 5. The minimum Gasteiger partial charge on any atom is -0.351 e. The number of likely N-dealkylation sites (N-methyl/N-ethyl adjacent to an activating group) is 2. The Morgan fingerprint density at radius 2 is 2.12 bits per heavy atom. The van der Waals surface area contributed by atoms with Crippen LogP contribution in [0.5, 0.6) is 0 Å². The number of aromatic nitrogens is 1. The molecule has 2 rings (SSSR count). The molecule has 0 fully saturated rings. The number of thiophene rings is 1. The van der Waals surface area contributed by atoms with Crippen molar-refractivity contribution in [3.05, 3.63) is 39.0 Å². The van der Waals surface area contributed by atoms with Crippen LogP contribution in [0.4, 0.5) is 0 Å². The second-order valence-electron chi connectivity index (χ2n) is 5.46. The third-order valence-electron chi connectivity index (χ3n) is 3.37. The molecule has 0 atom stereocenters. The highest BCUT2D eigenvalue weighted by Gasteiger charge is 2.10. The zero-order valence-electron chi connectivity index (χ0n) is 14.2.